The van der Waals surface area contributed by atoms with Gasteiger partial charge in [0.15, 0.2) is 0 Å². The first-order valence-electron chi connectivity index (χ1n) is 6.81. The topological polar surface area (TPSA) is 20.2 Å². The minimum Gasteiger partial charge on any atom is -0.388 e. The van der Waals surface area contributed by atoms with Crippen molar-refractivity contribution in [2.24, 2.45) is 0 Å². The first kappa shape index (κ1) is 15.4. The highest BCUT2D eigenvalue weighted by molar-refractivity contribution is 6.35. The van der Waals surface area contributed by atoms with Gasteiger partial charge in [-0.2, -0.15) is 0 Å². The van der Waals surface area contributed by atoms with E-state index >= 15 is 0 Å². The van der Waals surface area contributed by atoms with Gasteiger partial charge in [0, 0.05) is 16.5 Å². The van der Waals surface area contributed by atoms with E-state index in [0.717, 1.165) is 24.0 Å². The van der Waals surface area contributed by atoms with Crippen LogP contribution < -0.4 is 0 Å². The lowest BCUT2D eigenvalue weighted by molar-refractivity contribution is 0.178. The molecule has 0 heterocycles. The fourth-order valence-electron chi connectivity index (χ4n) is 2.23. The number of hydrogen-bond acceptors (Lipinski definition) is 1. The third-order valence-corrected chi connectivity index (χ3v) is 4.07. The summed E-state index contributed by atoms with van der Waals surface area (Å²) in [6, 6.07) is 13.5. The Kier molecular flexibility index (Phi) is 5.47. The maximum atomic E-state index is 10.3. The number of aliphatic hydroxyl groups is 1. The molecule has 0 aliphatic heterocycles. The second-order valence-corrected chi connectivity index (χ2v) is 5.73. The van der Waals surface area contributed by atoms with E-state index in [1.807, 2.05) is 12.1 Å². The molecule has 20 heavy (non-hydrogen) atoms. The highest BCUT2D eigenvalue weighted by Crippen LogP contribution is 2.29. The molecule has 0 fully saturated rings. The molecule has 1 nitrogen and oxygen atoms in total. The van der Waals surface area contributed by atoms with Crippen LogP contribution in [0.1, 0.15) is 36.1 Å². The molecule has 2 aromatic carbocycles. The largest absolute Gasteiger partial charge is 0.388 e. The van der Waals surface area contributed by atoms with Gasteiger partial charge in [-0.3, -0.25) is 0 Å². The highest BCUT2D eigenvalue weighted by atomic mass is 35.5. The van der Waals surface area contributed by atoms with Crippen molar-refractivity contribution >= 4 is 23.2 Å². The predicted molar refractivity (Wildman–Crippen MR) is 85.6 cm³/mol. The first-order chi connectivity index (χ1) is 9.61. The van der Waals surface area contributed by atoms with Crippen molar-refractivity contribution in [3.63, 3.8) is 0 Å². The van der Waals surface area contributed by atoms with Crippen LogP contribution in [0.2, 0.25) is 10.0 Å². The summed E-state index contributed by atoms with van der Waals surface area (Å²) < 4.78 is 0. The Morgan fingerprint density at radius 3 is 2.15 bits per heavy atom. The standard InChI is InChI=1S/C17H18Cl2O/c1-2-4-12-7-9-13(10-8-12)17(20)11-14-15(18)5-3-6-16(14)19/h3,5-10,17,20H,2,4,11H2,1H3. The maximum Gasteiger partial charge on any atom is 0.0831 e. The SMILES string of the molecule is CCCc1ccc(C(O)Cc2c(Cl)cccc2Cl)cc1. The zero-order chi connectivity index (χ0) is 14.5. The quantitative estimate of drug-likeness (QED) is 0.802. The van der Waals surface area contributed by atoms with Crippen LogP contribution in [0.4, 0.5) is 0 Å². The summed E-state index contributed by atoms with van der Waals surface area (Å²) in [5.41, 5.74) is 2.97. The van der Waals surface area contributed by atoms with E-state index in [4.69, 9.17) is 23.2 Å². The summed E-state index contributed by atoms with van der Waals surface area (Å²) in [6.07, 6.45) is 2.01. The molecule has 0 aliphatic rings. The second kappa shape index (κ2) is 7.12. The van der Waals surface area contributed by atoms with Gasteiger partial charge in [0.2, 0.25) is 0 Å². The van der Waals surface area contributed by atoms with E-state index in [-0.39, 0.29) is 0 Å². The predicted octanol–water partition coefficient (Wildman–Crippen LogP) is 5.22. The monoisotopic (exact) mass is 308 g/mol. The molecule has 0 radical (unpaired) electrons. The molecule has 2 rings (SSSR count). The summed E-state index contributed by atoms with van der Waals surface area (Å²) in [6.45, 7) is 2.15. The van der Waals surface area contributed by atoms with Crippen molar-refractivity contribution < 1.29 is 5.11 Å². The van der Waals surface area contributed by atoms with Crippen molar-refractivity contribution in [2.45, 2.75) is 32.3 Å². The fourth-order valence-corrected chi connectivity index (χ4v) is 2.79. The number of aryl methyl sites for hydroxylation is 1. The van der Waals surface area contributed by atoms with Crippen molar-refractivity contribution in [3.05, 3.63) is 69.2 Å². The molecular weight excluding hydrogens is 291 g/mol. The molecule has 1 unspecified atom stereocenters. The van der Waals surface area contributed by atoms with Gasteiger partial charge < -0.3 is 5.11 Å². The molecular formula is C17H18Cl2O. The van der Waals surface area contributed by atoms with Crippen LogP contribution in [0.25, 0.3) is 0 Å². The van der Waals surface area contributed by atoms with Crippen molar-refractivity contribution in [1.82, 2.24) is 0 Å². The molecule has 106 valence electrons. The molecule has 0 amide bonds. The second-order valence-electron chi connectivity index (χ2n) is 4.91. The lowest BCUT2D eigenvalue weighted by atomic mass is 9.99. The zero-order valence-electron chi connectivity index (χ0n) is 11.4. The van der Waals surface area contributed by atoms with Gasteiger partial charge in [-0.15, -0.1) is 0 Å². The van der Waals surface area contributed by atoms with Crippen LogP contribution in [-0.4, -0.2) is 5.11 Å². The van der Waals surface area contributed by atoms with Crippen LogP contribution in [0.3, 0.4) is 0 Å². The van der Waals surface area contributed by atoms with Crippen LogP contribution in [0, 0.1) is 0 Å². The third-order valence-electron chi connectivity index (χ3n) is 3.36. The molecule has 2 aromatic rings. The molecule has 0 saturated heterocycles. The van der Waals surface area contributed by atoms with Crippen LogP contribution in [0.5, 0.6) is 0 Å². The first-order valence-corrected chi connectivity index (χ1v) is 7.57. The van der Waals surface area contributed by atoms with Crippen LogP contribution in [-0.2, 0) is 12.8 Å². The summed E-state index contributed by atoms with van der Waals surface area (Å²) in [5, 5.41) is 11.5. The fraction of sp³-hybridized carbons (Fsp3) is 0.294. The Morgan fingerprint density at radius 1 is 1.00 bits per heavy atom. The summed E-state index contributed by atoms with van der Waals surface area (Å²) in [4.78, 5) is 0. The van der Waals surface area contributed by atoms with E-state index in [9.17, 15) is 5.11 Å². The molecule has 1 N–H and O–H groups in total. The number of aliphatic hydroxyl groups excluding tert-OH is 1. The molecule has 0 aliphatic carbocycles. The van der Waals surface area contributed by atoms with Gasteiger partial charge in [0.05, 0.1) is 6.10 Å². The van der Waals surface area contributed by atoms with Crippen LogP contribution >= 0.6 is 23.2 Å². The summed E-state index contributed by atoms with van der Waals surface area (Å²) in [7, 11) is 0. The van der Waals surface area contributed by atoms with E-state index in [1.54, 1.807) is 18.2 Å². The highest BCUT2D eigenvalue weighted by Gasteiger charge is 2.13. The molecule has 3 heteroatoms. The summed E-state index contributed by atoms with van der Waals surface area (Å²) in [5.74, 6) is 0. The van der Waals surface area contributed by atoms with E-state index in [0.29, 0.717) is 16.5 Å². The smallest absolute Gasteiger partial charge is 0.0831 e. The minimum absolute atomic E-state index is 0.422. The van der Waals surface area contributed by atoms with Gasteiger partial charge in [-0.05, 0) is 35.2 Å². The van der Waals surface area contributed by atoms with Gasteiger partial charge in [-0.1, -0.05) is 66.9 Å². The Bertz CT molecular complexity index is 543. The Balaban J connectivity index is 2.13. The molecule has 0 bridgehead atoms. The average Bonchev–Trinajstić information content (AvgIpc) is 2.44. The lowest BCUT2D eigenvalue weighted by Gasteiger charge is -2.14. The van der Waals surface area contributed by atoms with Crippen LogP contribution in [0.15, 0.2) is 42.5 Å². The van der Waals surface area contributed by atoms with Gasteiger partial charge >= 0.3 is 0 Å². The minimum atomic E-state index is -0.594. The Hall–Kier alpha value is -1.02. The van der Waals surface area contributed by atoms with E-state index < -0.39 is 6.10 Å². The van der Waals surface area contributed by atoms with Crippen molar-refractivity contribution in [2.75, 3.05) is 0 Å². The third kappa shape index (κ3) is 3.76. The number of rotatable bonds is 5. The van der Waals surface area contributed by atoms with Gasteiger partial charge in [-0.25, -0.2) is 0 Å². The van der Waals surface area contributed by atoms with E-state index in [2.05, 4.69) is 19.1 Å². The normalized spacial score (nSPS) is 12.4. The summed E-state index contributed by atoms with van der Waals surface area (Å²) >= 11 is 12.3. The molecule has 0 spiro atoms. The van der Waals surface area contributed by atoms with Gasteiger partial charge in [0.25, 0.3) is 0 Å². The Labute approximate surface area is 130 Å². The maximum absolute atomic E-state index is 10.3. The van der Waals surface area contributed by atoms with Gasteiger partial charge in [0.1, 0.15) is 0 Å². The number of benzene rings is 2. The molecule has 1 atom stereocenters. The Morgan fingerprint density at radius 2 is 1.60 bits per heavy atom. The molecule has 0 saturated carbocycles. The number of hydrogen-bond donors (Lipinski definition) is 1. The lowest BCUT2D eigenvalue weighted by Crippen LogP contribution is -2.03. The number of halogens is 2. The van der Waals surface area contributed by atoms with Crippen molar-refractivity contribution in [3.8, 4) is 0 Å². The zero-order valence-corrected chi connectivity index (χ0v) is 13.0. The molecule has 0 aromatic heterocycles. The van der Waals surface area contributed by atoms with Crippen molar-refractivity contribution in [1.29, 1.82) is 0 Å². The average molecular weight is 309 g/mol. The van der Waals surface area contributed by atoms with E-state index in [1.165, 1.54) is 5.56 Å².